The van der Waals surface area contributed by atoms with Crippen LogP contribution in [0.5, 0.6) is 0 Å². The minimum absolute atomic E-state index is 0.622. The molecule has 1 fully saturated rings. The van der Waals surface area contributed by atoms with Crippen LogP contribution in [0.2, 0.25) is 1.41 Å². The van der Waals surface area contributed by atoms with Crippen LogP contribution < -0.4 is 5.31 Å². The van der Waals surface area contributed by atoms with Gasteiger partial charge in [-0.3, -0.25) is 0 Å². The van der Waals surface area contributed by atoms with Crippen LogP contribution in [-0.2, 0) is 5.60 Å². The predicted octanol–water partition coefficient (Wildman–Crippen LogP) is 2.92. The Hall–Kier alpha value is -1.64. The molecule has 2 aromatic carbocycles. The smallest absolute Gasteiger partial charge is 0.122 e. The lowest BCUT2D eigenvalue weighted by atomic mass is 9.84. The Morgan fingerprint density at radius 2 is 1.47 bits per heavy atom. The lowest BCUT2D eigenvalue weighted by Crippen LogP contribution is -2.39. The minimum atomic E-state index is -0.771. The van der Waals surface area contributed by atoms with Crippen molar-refractivity contribution in [2.45, 2.75) is 18.4 Å². The molecule has 0 radical (unpaired) electrons. The van der Waals surface area contributed by atoms with Crippen molar-refractivity contribution in [2.75, 3.05) is 13.1 Å². The number of aliphatic hydroxyl groups is 1. The fraction of sp³-hybridized carbons (Fsp3) is 0.294. The topological polar surface area (TPSA) is 32.3 Å². The first-order valence-corrected chi connectivity index (χ1v) is 6.80. The van der Waals surface area contributed by atoms with Crippen LogP contribution in [0.4, 0.5) is 0 Å². The molecule has 98 valence electrons. The molecule has 0 saturated carbocycles. The molecule has 0 aromatic heterocycles. The molecule has 0 unspecified atom stereocenters. The summed E-state index contributed by atoms with van der Waals surface area (Å²) in [6.45, 7) is 1.24. The standard InChI is InChI=1S/C17H19NO/c19-17(10-12-18-13-11-17)16-8-6-15(7-9-16)14-4-2-1-3-5-14/h1-9,18-19H,10-13H2/i/hD. The maximum Gasteiger partial charge on any atom is 0.122 e. The molecule has 2 heteroatoms. The molecule has 0 spiro atoms. The van der Waals surface area contributed by atoms with Crippen molar-refractivity contribution < 1.29 is 6.52 Å². The Bertz CT molecular complexity index is 559. The van der Waals surface area contributed by atoms with Crippen molar-refractivity contribution in [3.8, 4) is 11.1 Å². The minimum Gasteiger partial charge on any atom is -0.385 e. The number of rotatable bonds is 2. The molecule has 2 nitrogen and oxygen atoms in total. The normalized spacial score (nSPS) is 19.9. The number of benzene rings is 2. The van der Waals surface area contributed by atoms with Gasteiger partial charge in [0.25, 0.3) is 0 Å². The zero-order chi connectivity index (χ0) is 14.0. The summed E-state index contributed by atoms with van der Waals surface area (Å²) in [4.78, 5) is 0. The lowest BCUT2D eigenvalue weighted by Gasteiger charge is -2.33. The van der Waals surface area contributed by atoms with E-state index in [9.17, 15) is 5.11 Å². The summed E-state index contributed by atoms with van der Waals surface area (Å²) >= 11 is 0. The summed E-state index contributed by atoms with van der Waals surface area (Å²) in [5.41, 5.74) is 2.54. The van der Waals surface area contributed by atoms with E-state index < -0.39 is 5.60 Å². The van der Waals surface area contributed by atoms with Crippen LogP contribution >= 0.6 is 0 Å². The van der Waals surface area contributed by atoms with E-state index >= 15 is 0 Å². The van der Waals surface area contributed by atoms with Gasteiger partial charge in [-0.1, -0.05) is 54.6 Å². The third kappa shape index (κ3) is 2.55. The second kappa shape index (κ2) is 5.16. The summed E-state index contributed by atoms with van der Waals surface area (Å²) in [5.74, 6) is 0. The van der Waals surface area contributed by atoms with Crippen LogP contribution in [0.25, 0.3) is 11.1 Å². The SMILES string of the molecule is [2H]N1CCC(O)(c2ccc(-c3ccccc3)cc2)CC1. The van der Waals surface area contributed by atoms with E-state index in [0.717, 1.165) is 11.1 Å². The fourth-order valence-electron chi connectivity index (χ4n) is 2.66. The van der Waals surface area contributed by atoms with Crippen molar-refractivity contribution >= 4 is 0 Å². The first-order valence-electron chi connectivity index (χ1n) is 7.24. The molecular formula is C17H19NO. The van der Waals surface area contributed by atoms with Crippen LogP contribution in [0.3, 0.4) is 0 Å². The maximum absolute atomic E-state index is 10.7. The fourth-order valence-corrected chi connectivity index (χ4v) is 2.66. The largest absolute Gasteiger partial charge is 0.385 e. The van der Waals surface area contributed by atoms with E-state index in [1.54, 1.807) is 0 Å². The van der Waals surface area contributed by atoms with Gasteiger partial charge in [0.05, 0.1) is 5.60 Å². The first kappa shape index (κ1) is 11.2. The van der Waals surface area contributed by atoms with Crippen LogP contribution in [-0.4, -0.2) is 18.2 Å². The maximum atomic E-state index is 10.7. The summed E-state index contributed by atoms with van der Waals surface area (Å²) in [6.07, 6.45) is 1.25. The second-order valence-corrected chi connectivity index (χ2v) is 5.15. The summed E-state index contributed by atoms with van der Waals surface area (Å²) in [6, 6.07) is 18.4. The molecule has 3 rings (SSSR count). The van der Waals surface area contributed by atoms with Gasteiger partial charge in [-0.15, -0.1) is 0 Å². The first-order chi connectivity index (χ1) is 9.67. The van der Waals surface area contributed by atoms with Crippen LogP contribution in [0, 0.1) is 0 Å². The third-order valence-electron chi connectivity index (χ3n) is 3.90. The molecule has 0 aliphatic carbocycles. The Balaban J connectivity index is 1.83. The highest BCUT2D eigenvalue weighted by Crippen LogP contribution is 2.31. The second-order valence-electron chi connectivity index (χ2n) is 5.15. The van der Waals surface area contributed by atoms with E-state index in [-0.39, 0.29) is 0 Å². The Labute approximate surface area is 115 Å². The predicted molar refractivity (Wildman–Crippen MR) is 77.9 cm³/mol. The number of piperidine rings is 1. The molecular weight excluding hydrogens is 234 g/mol. The van der Waals surface area contributed by atoms with Gasteiger partial charge in [0.2, 0.25) is 0 Å². The Kier molecular flexibility index (Phi) is 3.04. The highest BCUT2D eigenvalue weighted by atomic mass is 16.3. The van der Waals surface area contributed by atoms with Gasteiger partial charge in [-0.05, 0) is 42.6 Å². The van der Waals surface area contributed by atoms with Crippen molar-refractivity contribution in [1.82, 2.24) is 5.31 Å². The van der Waals surface area contributed by atoms with Gasteiger partial charge in [-0.2, -0.15) is 0 Å². The average Bonchev–Trinajstić information content (AvgIpc) is 2.52. The van der Waals surface area contributed by atoms with Gasteiger partial charge in [-0.25, -0.2) is 0 Å². The highest BCUT2D eigenvalue weighted by Gasteiger charge is 2.30. The van der Waals surface area contributed by atoms with Crippen LogP contribution in [0.15, 0.2) is 54.6 Å². The molecule has 0 bridgehead atoms. The Morgan fingerprint density at radius 3 is 2.11 bits per heavy atom. The number of hydrogen-bond donors (Lipinski definition) is 2. The molecule has 2 N–H and O–H groups in total. The average molecular weight is 254 g/mol. The van der Waals surface area contributed by atoms with E-state index in [0.29, 0.717) is 25.9 Å². The van der Waals surface area contributed by atoms with E-state index in [1.807, 2.05) is 30.3 Å². The summed E-state index contributed by atoms with van der Waals surface area (Å²) in [5, 5.41) is 12.2. The van der Waals surface area contributed by atoms with Crippen molar-refractivity contribution in [3.05, 3.63) is 60.2 Å². The zero-order valence-electron chi connectivity index (χ0n) is 11.9. The van der Waals surface area contributed by atoms with Crippen molar-refractivity contribution in [2.24, 2.45) is 0 Å². The van der Waals surface area contributed by atoms with Crippen molar-refractivity contribution in [3.63, 3.8) is 0 Å². The van der Waals surface area contributed by atoms with Gasteiger partial charge in [0.15, 0.2) is 0 Å². The Morgan fingerprint density at radius 1 is 0.895 bits per heavy atom. The van der Waals surface area contributed by atoms with Crippen LogP contribution in [0.1, 0.15) is 18.4 Å². The molecule has 1 heterocycles. The van der Waals surface area contributed by atoms with Gasteiger partial charge in [0.1, 0.15) is 1.41 Å². The molecule has 2 aromatic rings. The lowest BCUT2D eigenvalue weighted by molar-refractivity contribution is 0.00595. The molecule has 0 amide bonds. The van der Waals surface area contributed by atoms with E-state index in [1.165, 1.54) is 10.9 Å². The monoisotopic (exact) mass is 254 g/mol. The molecule has 1 aliphatic rings. The van der Waals surface area contributed by atoms with E-state index in [2.05, 4.69) is 24.3 Å². The third-order valence-corrected chi connectivity index (χ3v) is 3.90. The molecule has 1 aliphatic heterocycles. The van der Waals surface area contributed by atoms with Crippen molar-refractivity contribution in [1.29, 1.82) is 0 Å². The molecule has 0 atom stereocenters. The number of nitrogens with one attached hydrogen (secondary N) is 1. The summed E-state index contributed by atoms with van der Waals surface area (Å²) in [7, 11) is 0. The highest BCUT2D eigenvalue weighted by molar-refractivity contribution is 5.63. The number of hydrogen-bond acceptors (Lipinski definition) is 2. The summed E-state index contributed by atoms with van der Waals surface area (Å²) < 4.78 is 7.58. The van der Waals surface area contributed by atoms with E-state index in [4.69, 9.17) is 1.41 Å². The quantitative estimate of drug-likeness (QED) is 0.863. The van der Waals surface area contributed by atoms with Gasteiger partial charge in [0, 0.05) is 0 Å². The van der Waals surface area contributed by atoms with Gasteiger partial charge >= 0.3 is 0 Å². The zero-order valence-corrected chi connectivity index (χ0v) is 10.9. The molecule has 1 saturated heterocycles. The van der Waals surface area contributed by atoms with Gasteiger partial charge < -0.3 is 10.4 Å². The molecule has 19 heavy (non-hydrogen) atoms.